The first kappa shape index (κ1) is 10.2. The molecule has 1 aliphatic carbocycles. The first-order valence-corrected chi connectivity index (χ1v) is 6.19. The minimum absolute atomic E-state index is 0.775. The molecule has 0 amide bonds. The van der Waals surface area contributed by atoms with Gasteiger partial charge in [-0.25, -0.2) is 0 Å². The topological polar surface area (TPSA) is 17.0 Å². The van der Waals surface area contributed by atoms with E-state index in [-0.39, 0.29) is 0 Å². The number of hydrogen-bond acceptors (Lipinski definition) is 1. The van der Waals surface area contributed by atoms with Gasteiger partial charge in [-0.05, 0) is 18.9 Å². The Balaban J connectivity index is 1.79. The number of nitrogens with one attached hydrogen (secondary N) is 1. The standard InChI is InChI=1S/C13H15ClN2/c14-12-9-16(8-7-15-10-5-6-10)13-4-2-1-3-11(12)13/h1-4,9-10,15H,5-8H2. The Morgan fingerprint density at radius 2 is 2.12 bits per heavy atom. The van der Waals surface area contributed by atoms with Gasteiger partial charge in [0, 0.05) is 36.2 Å². The number of hydrogen-bond donors (Lipinski definition) is 1. The average Bonchev–Trinajstić information content (AvgIpc) is 3.06. The number of benzene rings is 1. The highest BCUT2D eigenvalue weighted by Gasteiger charge is 2.19. The van der Waals surface area contributed by atoms with Gasteiger partial charge in [0.1, 0.15) is 0 Å². The first-order valence-electron chi connectivity index (χ1n) is 5.81. The quantitative estimate of drug-likeness (QED) is 0.861. The van der Waals surface area contributed by atoms with Crippen LogP contribution in [0, 0.1) is 0 Å². The maximum Gasteiger partial charge on any atom is 0.0661 e. The summed E-state index contributed by atoms with van der Waals surface area (Å²) in [4.78, 5) is 0. The summed E-state index contributed by atoms with van der Waals surface area (Å²) in [5.74, 6) is 0. The van der Waals surface area contributed by atoms with Gasteiger partial charge in [-0.3, -0.25) is 0 Å². The van der Waals surface area contributed by atoms with Gasteiger partial charge in [0.2, 0.25) is 0 Å². The molecule has 0 unspecified atom stereocenters. The molecule has 1 heterocycles. The van der Waals surface area contributed by atoms with Crippen LogP contribution in [-0.2, 0) is 6.54 Å². The Hall–Kier alpha value is -0.990. The minimum atomic E-state index is 0.775. The molecule has 1 aromatic heterocycles. The van der Waals surface area contributed by atoms with Gasteiger partial charge in [-0.2, -0.15) is 0 Å². The molecule has 2 nitrogen and oxygen atoms in total. The number of aromatic nitrogens is 1. The Morgan fingerprint density at radius 1 is 1.31 bits per heavy atom. The van der Waals surface area contributed by atoms with Gasteiger partial charge >= 0.3 is 0 Å². The SMILES string of the molecule is Clc1cn(CCNC2CC2)c2ccccc12. The van der Waals surface area contributed by atoms with Crippen LogP contribution in [-0.4, -0.2) is 17.2 Å². The highest BCUT2D eigenvalue weighted by atomic mass is 35.5. The lowest BCUT2D eigenvalue weighted by Gasteiger charge is -2.05. The summed E-state index contributed by atoms with van der Waals surface area (Å²) in [7, 11) is 0. The number of fused-ring (bicyclic) bond motifs is 1. The van der Waals surface area contributed by atoms with Crippen molar-refractivity contribution in [3.05, 3.63) is 35.5 Å². The average molecular weight is 235 g/mol. The fraction of sp³-hybridized carbons (Fsp3) is 0.385. The van der Waals surface area contributed by atoms with Gasteiger partial charge in [0.05, 0.1) is 5.02 Å². The molecule has 0 atom stereocenters. The normalized spacial score (nSPS) is 15.8. The first-order chi connectivity index (χ1) is 7.84. The molecule has 0 aliphatic heterocycles. The molecule has 0 bridgehead atoms. The molecule has 84 valence electrons. The Kier molecular flexibility index (Phi) is 2.62. The van der Waals surface area contributed by atoms with Crippen molar-refractivity contribution >= 4 is 22.5 Å². The molecule has 0 spiro atoms. The lowest BCUT2D eigenvalue weighted by Crippen LogP contribution is -2.21. The molecular formula is C13H15ClN2. The summed E-state index contributed by atoms with van der Waals surface area (Å²) < 4.78 is 2.23. The molecule has 0 radical (unpaired) electrons. The number of nitrogens with zero attached hydrogens (tertiary/aromatic N) is 1. The summed E-state index contributed by atoms with van der Waals surface area (Å²) in [6, 6.07) is 9.06. The smallest absolute Gasteiger partial charge is 0.0661 e. The van der Waals surface area contributed by atoms with Crippen LogP contribution < -0.4 is 5.32 Å². The van der Waals surface area contributed by atoms with E-state index in [4.69, 9.17) is 11.6 Å². The minimum Gasteiger partial charge on any atom is -0.345 e. The molecule has 3 heteroatoms. The van der Waals surface area contributed by atoms with Crippen LogP contribution in [0.2, 0.25) is 5.02 Å². The van der Waals surface area contributed by atoms with E-state index >= 15 is 0 Å². The lowest BCUT2D eigenvalue weighted by molar-refractivity contribution is 0.606. The monoisotopic (exact) mass is 234 g/mol. The van der Waals surface area contributed by atoms with Crippen LogP contribution in [0.3, 0.4) is 0 Å². The third-order valence-corrected chi connectivity index (χ3v) is 3.40. The summed E-state index contributed by atoms with van der Waals surface area (Å²) >= 11 is 6.19. The second-order valence-electron chi connectivity index (χ2n) is 4.42. The zero-order valence-electron chi connectivity index (χ0n) is 9.12. The maximum atomic E-state index is 6.19. The van der Waals surface area contributed by atoms with Crippen LogP contribution in [0.15, 0.2) is 30.5 Å². The molecule has 2 aromatic rings. The van der Waals surface area contributed by atoms with Crippen LogP contribution in [0.4, 0.5) is 0 Å². The molecule has 3 rings (SSSR count). The molecular weight excluding hydrogens is 220 g/mol. The van der Waals surface area contributed by atoms with E-state index in [2.05, 4.69) is 28.1 Å². The zero-order valence-corrected chi connectivity index (χ0v) is 9.87. The number of para-hydroxylation sites is 1. The second-order valence-corrected chi connectivity index (χ2v) is 4.82. The van der Waals surface area contributed by atoms with Crippen LogP contribution >= 0.6 is 11.6 Å². The van der Waals surface area contributed by atoms with Crippen molar-refractivity contribution in [2.45, 2.75) is 25.4 Å². The lowest BCUT2D eigenvalue weighted by atomic mass is 10.2. The second kappa shape index (κ2) is 4.11. The highest BCUT2D eigenvalue weighted by Crippen LogP contribution is 2.25. The van der Waals surface area contributed by atoms with Crippen molar-refractivity contribution in [2.24, 2.45) is 0 Å². The summed E-state index contributed by atoms with van der Waals surface area (Å²) in [5, 5.41) is 5.51. The van der Waals surface area contributed by atoms with Crippen molar-refractivity contribution in [1.82, 2.24) is 9.88 Å². The number of halogens is 1. The summed E-state index contributed by atoms with van der Waals surface area (Å²) in [5.41, 5.74) is 1.23. The van der Waals surface area contributed by atoms with E-state index in [0.29, 0.717) is 0 Å². The Morgan fingerprint density at radius 3 is 2.94 bits per heavy atom. The molecule has 16 heavy (non-hydrogen) atoms. The van der Waals surface area contributed by atoms with Crippen molar-refractivity contribution in [3.8, 4) is 0 Å². The molecule has 1 aliphatic rings. The Labute approximate surface area is 100 Å². The number of rotatable bonds is 4. The molecule has 1 fully saturated rings. The van der Waals surface area contributed by atoms with Gasteiger partial charge in [-0.1, -0.05) is 29.8 Å². The predicted octanol–water partition coefficient (Wildman–Crippen LogP) is 3.05. The van der Waals surface area contributed by atoms with E-state index in [1.165, 1.54) is 18.4 Å². The van der Waals surface area contributed by atoms with Gasteiger partial charge in [0.15, 0.2) is 0 Å². The maximum absolute atomic E-state index is 6.19. The van der Waals surface area contributed by atoms with Crippen molar-refractivity contribution in [2.75, 3.05) is 6.54 Å². The third-order valence-electron chi connectivity index (χ3n) is 3.10. The van der Waals surface area contributed by atoms with Crippen LogP contribution in [0.1, 0.15) is 12.8 Å². The van der Waals surface area contributed by atoms with E-state index in [1.807, 2.05) is 12.3 Å². The summed E-state index contributed by atoms with van der Waals surface area (Å²) in [6.07, 6.45) is 4.71. The van der Waals surface area contributed by atoms with Gasteiger partial charge in [0.25, 0.3) is 0 Å². The van der Waals surface area contributed by atoms with E-state index < -0.39 is 0 Å². The van der Waals surface area contributed by atoms with Gasteiger partial charge < -0.3 is 9.88 Å². The molecule has 1 aromatic carbocycles. The van der Waals surface area contributed by atoms with E-state index in [1.54, 1.807) is 0 Å². The van der Waals surface area contributed by atoms with Crippen LogP contribution in [0.25, 0.3) is 10.9 Å². The van der Waals surface area contributed by atoms with E-state index in [9.17, 15) is 0 Å². The van der Waals surface area contributed by atoms with Gasteiger partial charge in [-0.15, -0.1) is 0 Å². The van der Waals surface area contributed by atoms with E-state index in [0.717, 1.165) is 29.5 Å². The fourth-order valence-corrected chi connectivity index (χ4v) is 2.34. The van der Waals surface area contributed by atoms with Crippen molar-refractivity contribution in [3.63, 3.8) is 0 Å². The Bertz CT molecular complexity index is 500. The largest absolute Gasteiger partial charge is 0.345 e. The van der Waals surface area contributed by atoms with Crippen molar-refractivity contribution in [1.29, 1.82) is 0 Å². The fourth-order valence-electron chi connectivity index (χ4n) is 2.06. The molecule has 1 saturated carbocycles. The predicted molar refractivity (Wildman–Crippen MR) is 68.0 cm³/mol. The summed E-state index contributed by atoms with van der Waals surface area (Å²) in [6.45, 7) is 2.02. The highest BCUT2D eigenvalue weighted by molar-refractivity contribution is 6.35. The molecule has 0 saturated heterocycles. The van der Waals surface area contributed by atoms with Crippen molar-refractivity contribution < 1.29 is 0 Å². The zero-order chi connectivity index (χ0) is 11.0. The molecule has 1 N–H and O–H groups in total. The third kappa shape index (κ3) is 1.95. The van der Waals surface area contributed by atoms with Crippen LogP contribution in [0.5, 0.6) is 0 Å².